The summed E-state index contributed by atoms with van der Waals surface area (Å²) in [5, 5.41) is 8.93. The molecular weight excluding hydrogens is 171 g/mol. The molecule has 1 N–H and O–H groups in total. The average Bonchev–Trinajstić information content (AvgIpc) is 2.12. The molecule has 0 fully saturated rings. The fraction of sp³-hybridized carbons (Fsp3) is 0.400. The lowest BCUT2D eigenvalue weighted by molar-refractivity contribution is 0.260. The monoisotopic (exact) mass is 184 g/mol. The maximum Gasteiger partial charge on any atom is 0.135 e. The van der Waals surface area contributed by atoms with Gasteiger partial charge in [0.1, 0.15) is 11.6 Å². The van der Waals surface area contributed by atoms with Gasteiger partial charge in [-0.25, -0.2) is 4.39 Å². The molecule has 0 bridgehead atoms. The van der Waals surface area contributed by atoms with Crippen LogP contribution in [0.1, 0.15) is 18.1 Å². The van der Waals surface area contributed by atoms with Crippen LogP contribution in [0.4, 0.5) is 4.39 Å². The van der Waals surface area contributed by atoms with E-state index in [2.05, 4.69) is 0 Å². The molecular formula is C10H13FO2. The van der Waals surface area contributed by atoms with E-state index < -0.39 is 0 Å². The molecule has 0 aliphatic carbocycles. The van der Waals surface area contributed by atoms with E-state index in [9.17, 15) is 4.39 Å². The van der Waals surface area contributed by atoms with Crippen molar-refractivity contribution in [3.63, 3.8) is 0 Å². The fourth-order valence-corrected chi connectivity index (χ4v) is 1.16. The molecule has 0 atom stereocenters. The number of hydrogen-bond acceptors (Lipinski definition) is 2. The zero-order chi connectivity index (χ0) is 9.84. The summed E-state index contributed by atoms with van der Waals surface area (Å²) in [6.45, 7) is 3.61. The Morgan fingerprint density at radius 3 is 2.69 bits per heavy atom. The van der Waals surface area contributed by atoms with E-state index in [0.29, 0.717) is 17.9 Å². The van der Waals surface area contributed by atoms with E-state index in [1.807, 2.05) is 6.92 Å². The minimum atomic E-state index is -0.381. The normalized spacial score (nSPS) is 10.2. The predicted molar refractivity (Wildman–Crippen MR) is 48.2 cm³/mol. The predicted octanol–water partition coefficient (Wildman–Crippen LogP) is 2.03. The molecule has 0 aliphatic heterocycles. The van der Waals surface area contributed by atoms with Crippen molar-refractivity contribution < 1.29 is 14.2 Å². The summed E-state index contributed by atoms with van der Waals surface area (Å²) in [6.07, 6.45) is 0. The van der Waals surface area contributed by atoms with Gasteiger partial charge in [0.2, 0.25) is 0 Å². The van der Waals surface area contributed by atoms with Crippen LogP contribution in [-0.2, 0) is 6.61 Å². The molecule has 1 aromatic rings. The van der Waals surface area contributed by atoms with Crippen molar-refractivity contribution >= 4 is 0 Å². The first-order valence-corrected chi connectivity index (χ1v) is 4.22. The summed E-state index contributed by atoms with van der Waals surface area (Å²) in [7, 11) is 0. The Labute approximate surface area is 77.0 Å². The molecule has 1 aromatic carbocycles. The van der Waals surface area contributed by atoms with Crippen molar-refractivity contribution in [1.82, 2.24) is 0 Å². The minimum Gasteiger partial charge on any atom is -0.493 e. The second kappa shape index (κ2) is 4.23. The topological polar surface area (TPSA) is 29.5 Å². The second-order valence-corrected chi connectivity index (χ2v) is 2.76. The van der Waals surface area contributed by atoms with Crippen LogP contribution in [-0.4, -0.2) is 11.7 Å². The number of aryl methyl sites for hydroxylation is 1. The maximum absolute atomic E-state index is 13.3. The van der Waals surface area contributed by atoms with E-state index in [1.165, 1.54) is 0 Å². The largest absolute Gasteiger partial charge is 0.493 e. The van der Waals surface area contributed by atoms with Gasteiger partial charge in [0.05, 0.1) is 18.8 Å². The molecule has 0 aliphatic rings. The maximum atomic E-state index is 13.3. The zero-order valence-electron chi connectivity index (χ0n) is 7.80. The molecule has 72 valence electrons. The number of halogens is 1. The third-order valence-corrected chi connectivity index (χ3v) is 1.85. The van der Waals surface area contributed by atoms with Gasteiger partial charge in [0.25, 0.3) is 0 Å². The molecule has 0 spiro atoms. The van der Waals surface area contributed by atoms with Gasteiger partial charge in [0, 0.05) is 0 Å². The number of aliphatic hydroxyl groups excluding tert-OH is 1. The van der Waals surface area contributed by atoms with Gasteiger partial charge >= 0.3 is 0 Å². The highest BCUT2D eigenvalue weighted by Crippen LogP contribution is 2.23. The van der Waals surface area contributed by atoms with Crippen molar-refractivity contribution in [3.8, 4) is 5.75 Å². The van der Waals surface area contributed by atoms with E-state index in [1.54, 1.807) is 19.1 Å². The Morgan fingerprint density at radius 1 is 1.46 bits per heavy atom. The lowest BCUT2D eigenvalue weighted by Gasteiger charge is -2.10. The quantitative estimate of drug-likeness (QED) is 0.778. The Balaban J connectivity index is 3.13. The molecule has 0 amide bonds. The first-order valence-electron chi connectivity index (χ1n) is 4.22. The van der Waals surface area contributed by atoms with E-state index in [4.69, 9.17) is 9.84 Å². The highest BCUT2D eigenvalue weighted by atomic mass is 19.1. The van der Waals surface area contributed by atoms with E-state index in [-0.39, 0.29) is 18.0 Å². The van der Waals surface area contributed by atoms with Crippen molar-refractivity contribution in [3.05, 3.63) is 29.1 Å². The van der Waals surface area contributed by atoms with Crippen molar-refractivity contribution in [2.75, 3.05) is 6.61 Å². The highest BCUT2D eigenvalue weighted by Gasteiger charge is 2.10. The zero-order valence-corrected chi connectivity index (χ0v) is 7.80. The Hall–Kier alpha value is -1.09. The van der Waals surface area contributed by atoms with Gasteiger partial charge in [-0.15, -0.1) is 0 Å². The standard InChI is InChI=1S/C10H13FO2/c1-3-13-9-5-4-7(2)10(11)8(9)6-12/h4-5,12H,3,6H2,1-2H3. The summed E-state index contributed by atoms with van der Waals surface area (Å²) in [5.41, 5.74) is 0.759. The molecule has 0 saturated heterocycles. The molecule has 2 nitrogen and oxygen atoms in total. The van der Waals surface area contributed by atoms with Crippen LogP contribution in [0.25, 0.3) is 0 Å². The lowest BCUT2D eigenvalue weighted by atomic mass is 10.1. The summed E-state index contributed by atoms with van der Waals surface area (Å²) in [6, 6.07) is 3.31. The minimum absolute atomic E-state index is 0.238. The second-order valence-electron chi connectivity index (χ2n) is 2.76. The fourth-order valence-electron chi connectivity index (χ4n) is 1.16. The Bertz CT molecular complexity index is 297. The van der Waals surface area contributed by atoms with Gasteiger partial charge in [-0.05, 0) is 25.5 Å². The van der Waals surface area contributed by atoms with Gasteiger partial charge in [-0.1, -0.05) is 6.07 Å². The van der Waals surface area contributed by atoms with E-state index >= 15 is 0 Å². The smallest absolute Gasteiger partial charge is 0.135 e. The van der Waals surface area contributed by atoms with Crippen LogP contribution < -0.4 is 4.74 Å². The molecule has 3 heteroatoms. The molecule has 0 aromatic heterocycles. The van der Waals surface area contributed by atoms with Gasteiger partial charge in [-0.3, -0.25) is 0 Å². The van der Waals surface area contributed by atoms with Crippen LogP contribution in [0.15, 0.2) is 12.1 Å². The average molecular weight is 184 g/mol. The summed E-state index contributed by atoms with van der Waals surface area (Å²) >= 11 is 0. The van der Waals surface area contributed by atoms with Gasteiger partial charge < -0.3 is 9.84 Å². The first kappa shape index (κ1) is 9.99. The van der Waals surface area contributed by atoms with Gasteiger partial charge in [0.15, 0.2) is 0 Å². The molecule has 0 unspecified atom stereocenters. The Morgan fingerprint density at radius 2 is 2.15 bits per heavy atom. The van der Waals surface area contributed by atoms with Crippen LogP contribution >= 0.6 is 0 Å². The first-order chi connectivity index (χ1) is 6.20. The molecule has 0 saturated carbocycles. The number of rotatable bonds is 3. The van der Waals surface area contributed by atoms with E-state index in [0.717, 1.165) is 0 Å². The number of ether oxygens (including phenoxy) is 1. The Kier molecular flexibility index (Phi) is 3.25. The summed E-state index contributed by atoms with van der Waals surface area (Å²) in [4.78, 5) is 0. The van der Waals surface area contributed by atoms with Crippen LogP contribution in [0.3, 0.4) is 0 Å². The molecule has 0 heterocycles. The number of hydrogen-bond donors (Lipinski definition) is 1. The summed E-state index contributed by atoms with van der Waals surface area (Å²) in [5.74, 6) is 0.0431. The third-order valence-electron chi connectivity index (χ3n) is 1.85. The number of benzene rings is 1. The molecule has 0 radical (unpaired) electrons. The summed E-state index contributed by atoms with van der Waals surface area (Å²) < 4.78 is 18.5. The molecule has 13 heavy (non-hydrogen) atoms. The SMILES string of the molecule is CCOc1ccc(C)c(F)c1CO. The van der Waals surface area contributed by atoms with Crippen molar-refractivity contribution in [2.24, 2.45) is 0 Å². The van der Waals surface area contributed by atoms with Crippen molar-refractivity contribution in [1.29, 1.82) is 0 Å². The molecule has 1 rings (SSSR count). The number of aliphatic hydroxyl groups is 1. The third kappa shape index (κ3) is 1.98. The van der Waals surface area contributed by atoms with Gasteiger partial charge in [-0.2, -0.15) is 0 Å². The van der Waals surface area contributed by atoms with Crippen molar-refractivity contribution in [2.45, 2.75) is 20.5 Å². The van der Waals surface area contributed by atoms with Crippen LogP contribution in [0.2, 0.25) is 0 Å². The lowest BCUT2D eigenvalue weighted by Crippen LogP contribution is -2.00. The highest BCUT2D eigenvalue weighted by molar-refractivity contribution is 5.37. The van der Waals surface area contributed by atoms with Crippen LogP contribution in [0, 0.1) is 12.7 Å². The van der Waals surface area contributed by atoms with Crippen LogP contribution in [0.5, 0.6) is 5.75 Å².